The van der Waals surface area contributed by atoms with E-state index in [0.717, 1.165) is 11.3 Å². The number of halogens is 1. The van der Waals surface area contributed by atoms with Crippen LogP contribution in [0.15, 0.2) is 48.5 Å². The second-order valence-corrected chi connectivity index (χ2v) is 8.48. The van der Waals surface area contributed by atoms with Crippen molar-refractivity contribution in [2.45, 2.75) is 38.7 Å². The number of rotatable bonds is 7. The molecule has 0 bridgehead atoms. The third-order valence-electron chi connectivity index (χ3n) is 5.40. The lowest BCUT2D eigenvalue weighted by molar-refractivity contribution is 0.0224. The van der Waals surface area contributed by atoms with E-state index in [9.17, 15) is 9.90 Å². The van der Waals surface area contributed by atoms with Gasteiger partial charge in [0.05, 0.1) is 6.10 Å². The lowest BCUT2D eigenvalue weighted by Crippen LogP contribution is -2.46. The molecule has 28 heavy (non-hydrogen) atoms. The van der Waals surface area contributed by atoms with Gasteiger partial charge in [0.1, 0.15) is 6.61 Å². The van der Waals surface area contributed by atoms with Crippen LogP contribution in [0, 0.1) is 5.41 Å². The van der Waals surface area contributed by atoms with Crippen molar-refractivity contribution in [3.05, 3.63) is 64.7 Å². The number of primary amides is 1. The van der Waals surface area contributed by atoms with Gasteiger partial charge in [0.25, 0.3) is 0 Å². The zero-order valence-electron chi connectivity index (χ0n) is 16.8. The van der Waals surface area contributed by atoms with E-state index in [0.29, 0.717) is 17.0 Å². The number of hydrogen-bond donors (Lipinski definition) is 3. The van der Waals surface area contributed by atoms with Gasteiger partial charge in [-0.2, -0.15) is 0 Å². The van der Waals surface area contributed by atoms with Gasteiger partial charge in [-0.3, -0.25) is 0 Å². The summed E-state index contributed by atoms with van der Waals surface area (Å²) in [6.07, 6.45) is -1.29. The highest BCUT2D eigenvalue weighted by molar-refractivity contribution is 6.30. The van der Waals surface area contributed by atoms with E-state index in [-0.39, 0.29) is 12.0 Å². The summed E-state index contributed by atoms with van der Waals surface area (Å²) in [5.41, 5.74) is 6.91. The molecule has 2 rings (SSSR count). The highest BCUT2D eigenvalue weighted by Gasteiger charge is 2.46. The van der Waals surface area contributed by atoms with Crippen molar-refractivity contribution in [1.29, 1.82) is 0 Å². The van der Waals surface area contributed by atoms with Crippen molar-refractivity contribution in [2.24, 2.45) is 11.1 Å². The minimum atomic E-state index is -0.835. The Labute approximate surface area is 171 Å². The topological polar surface area (TPSA) is 84.6 Å². The lowest BCUT2D eigenvalue weighted by atomic mass is 9.60. The predicted molar refractivity (Wildman–Crippen MR) is 114 cm³/mol. The molecular weight excluding hydrogens is 376 g/mol. The SMILES string of the molecule is CNc1ccc(C(COC(N)=O)(C[C@@H](O)c2cccc(Cl)c2)C(C)(C)C)cc1. The Kier molecular flexibility index (Phi) is 6.96. The van der Waals surface area contributed by atoms with Gasteiger partial charge in [0, 0.05) is 23.2 Å². The number of benzene rings is 2. The van der Waals surface area contributed by atoms with E-state index in [2.05, 4.69) is 26.1 Å². The van der Waals surface area contributed by atoms with Crippen LogP contribution in [-0.4, -0.2) is 24.9 Å². The first-order valence-electron chi connectivity index (χ1n) is 9.23. The van der Waals surface area contributed by atoms with Crippen molar-refractivity contribution in [3.63, 3.8) is 0 Å². The number of aliphatic hydroxyl groups is 1. The summed E-state index contributed by atoms with van der Waals surface area (Å²) in [6, 6.07) is 15.1. The molecule has 6 heteroatoms. The van der Waals surface area contributed by atoms with Crippen LogP contribution in [0.25, 0.3) is 0 Å². The largest absolute Gasteiger partial charge is 0.449 e. The maximum Gasteiger partial charge on any atom is 0.404 e. The Bertz CT molecular complexity index is 802. The summed E-state index contributed by atoms with van der Waals surface area (Å²) >= 11 is 6.10. The molecule has 0 aliphatic carbocycles. The molecule has 0 spiro atoms. The van der Waals surface area contributed by atoms with E-state index < -0.39 is 17.6 Å². The minimum Gasteiger partial charge on any atom is -0.449 e. The zero-order chi connectivity index (χ0) is 20.9. The number of carbonyl (C=O) groups excluding carboxylic acids is 1. The number of carbonyl (C=O) groups is 1. The molecule has 1 unspecified atom stereocenters. The van der Waals surface area contributed by atoms with E-state index in [4.69, 9.17) is 22.1 Å². The van der Waals surface area contributed by atoms with Crippen LogP contribution in [-0.2, 0) is 10.2 Å². The standard InChI is InChI=1S/C22H29ClN2O3/c1-21(2,3)22(14-28-20(24)27,16-8-10-18(25-4)11-9-16)13-19(26)15-6-5-7-17(23)12-15/h5-12,19,25-26H,13-14H2,1-4H3,(H2,24,27)/t19-,22?/m1/s1. The zero-order valence-corrected chi connectivity index (χ0v) is 17.6. The molecule has 0 radical (unpaired) electrons. The van der Waals surface area contributed by atoms with Gasteiger partial charge in [0.15, 0.2) is 0 Å². The van der Waals surface area contributed by atoms with Gasteiger partial charge < -0.3 is 20.9 Å². The molecule has 4 N–H and O–H groups in total. The molecule has 1 amide bonds. The number of nitrogens with two attached hydrogens (primary N) is 1. The van der Waals surface area contributed by atoms with Crippen molar-refractivity contribution < 1.29 is 14.6 Å². The first-order chi connectivity index (χ1) is 13.1. The molecule has 2 aromatic rings. The maximum absolute atomic E-state index is 11.4. The third kappa shape index (κ3) is 4.97. The first-order valence-corrected chi connectivity index (χ1v) is 9.61. The van der Waals surface area contributed by atoms with Crippen LogP contribution in [0.3, 0.4) is 0 Å². The number of amides is 1. The van der Waals surface area contributed by atoms with E-state index in [1.54, 1.807) is 18.2 Å². The Morgan fingerprint density at radius 2 is 1.86 bits per heavy atom. The average molecular weight is 405 g/mol. The molecule has 0 saturated carbocycles. The number of anilines is 1. The van der Waals surface area contributed by atoms with Gasteiger partial charge >= 0.3 is 6.09 Å². The van der Waals surface area contributed by atoms with Crippen LogP contribution in [0.2, 0.25) is 5.02 Å². The summed E-state index contributed by atoms with van der Waals surface area (Å²) in [5, 5.41) is 14.7. The second kappa shape index (κ2) is 8.84. The van der Waals surface area contributed by atoms with Gasteiger partial charge in [-0.25, -0.2) is 4.79 Å². The fraction of sp³-hybridized carbons (Fsp3) is 0.409. The van der Waals surface area contributed by atoms with Crippen molar-refractivity contribution >= 4 is 23.4 Å². The summed E-state index contributed by atoms with van der Waals surface area (Å²) in [6.45, 7) is 6.25. The van der Waals surface area contributed by atoms with Crippen LogP contribution < -0.4 is 11.1 Å². The predicted octanol–water partition coefficient (Wildman–Crippen LogP) is 4.88. The van der Waals surface area contributed by atoms with E-state index in [1.807, 2.05) is 37.4 Å². The van der Waals surface area contributed by atoms with Gasteiger partial charge in [-0.15, -0.1) is 0 Å². The summed E-state index contributed by atoms with van der Waals surface area (Å²) in [5.74, 6) is 0. The molecule has 0 aliphatic heterocycles. The Morgan fingerprint density at radius 1 is 1.21 bits per heavy atom. The Hall–Kier alpha value is -2.24. The van der Waals surface area contributed by atoms with Gasteiger partial charge in [0.2, 0.25) is 0 Å². The van der Waals surface area contributed by atoms with Gasteiger partial charge in [-0.05, 0) is 47.2 Å². The van der Waals surface area contributed by atoms with Gasteiger partial charge in [-0.1, -0.05) is 56.6 Å². The monoisotopic (exact) mass is 404 g/mol. The van der Waals surface area contributed by atoms with E-state index in [1.165, 1.54) is 0 Å². The molecule has 0 heterocycles. The number of aliphatic hydroxyl groups excluding tert-OH is 1. The van der Waals surface area contributed by atoms with Crippen molar-refractivity contribution in [3.8, 4) is 0 Å². The maximum atomic E-state index is 11.4. The Morgan fingerprint density at radius 3 is 2.36 bits per heavy atom. The molecule has 0 fully saturated rings. The highest BCUT2D eigenvalue weighted by atomic mass is 35.5. The molecule has 0 aliphatic rings. The highest BCUT2D eigenvalue weighted by Crippen LogP contribution is 2.48. The van der Waals surface area contributed by atoms with Crippen LogP contribution in [0.1, 0.15) is 44.4 Å². The lowest BCUT2D eigenvalue weighted by Gasteiger charge is -2.46. The number of hydrogen-bond acceptors (Lipinski definition) is 4. The molecule has 0 aromatic heterocycles. The molecule has 2 aromatic carbocycles. The van der Waals surface area contributed by atoms with Crippen LogP contribution >= 0.6 is 11.6 Å². The summed E-state index contributed by atoms with van der Waals surface area (Å²) in [4.78, 5) is 11.4. The molecule has 2 atom stereocenters. The third-order valence-corrected chi connectivity index (χ3v) is 5.63. The van der Waals surface area contributed by atoms with Crippen LogP contribution in [0.5, 0.6) is 0 Å². The number of ether oxygens (including phenoxy) is 1. The average Bonchev–Trinajstić information content (AvgIpc) is 2.64. The number of nitrogens with one attached hydrogen (secondary N) is 1. The first kappa shape index (κ1) is 22.1. The van der Waals surface area contributed by atoms with E-state index >= 15 is 0 Å². The fourth-order valence-corrected chi connectivity index (χ4v) is 3.73. The minimum absolute atomic E-state index is 0.0579. The molecule has 152 valence electrons. The molecule has 0 saturated heterocycles. The summed E-state index contributed by atoms with van der Waals surface area (Å²) < 4.78 is 5.29. The molecule has 5 nitrogen and oxygen atoms in total. The quantitative estimate of drug-likeness (QED) is 0.613. The van der Waals surface area contributed by atoms with Crippen molar-refractivity contribution in [2.75, 3.05) is 19.0 Å². The molecular formula is C22H29ClN2O3. The second-order valence-electron chi connectivity index (χ2n) is 8.04. The summed E-state index contributed by atoms with van der Waals surface area (Å²) in [7, 11) is 1.85. The Balaban J connectivity index is 2.52. The fourth-order valence-electron chi connectivity index (χ4n) is 3.53. The van der Waals surface area contributed by atoms with Crippen LogP contribution in [0.4, 0.5) is 10.5 Å². The smallest absolute Gasteiger partial charge is 0.404 e. The van der Waals surface area contributed by atoms with Crippen molar-refractivity contribution in [1.82, 2.24) is 0 Å². The normalized spacial score (nSPS) is 14.8.